The van der Waals surface area contributed by atoms with Crippen LogP contribution in [0.4, 0.5) is 0 Å². The van der Waals surface area contributed by atoms with Crippen LogP contribution < -0.4 is 5.32 Å². The molecule has 15 heavy (non-hydrogen) atoms. The predicted molar refractivity (Wildman–Crippen MR) is 60.5 cm³/mol. The third kappa shape index (κ3) is 4.65. The van der Waals surface area contributed by atoms with Crippen LogP contribution in [-0.2, 0) is 4.79 Å². The quantitative estimate of drug-likeness (QED) is 0.678. The Hall–Kier alpha value is -0.570. The predicted octanol–water partition coefficient (Wildman–Crippen LogP) is 1.84. The standard InChI is InChI=1S/C12H23NO2/c1-2-11(8-9-14)13-12(15)7-6-10-4-3-5-10/h10-11,14H,2-9H2,1H3,(H,13,15). The molecule has 1 atom stereocenters. The van der Waals surface area contributed by atoms with Crippen molar-refractivity contribution in [2.24, 2.45) is 5.92 Å². The first-order valence-electron chi connectivity index (χ1n) is 6.16. The molecule has 1 aliphatic rings. The van der Waals surface area contributed by atoms with Crippen LogP contribution in [0.5, 0.6) is 0 Å². The number of nitrogens with one attached hydrogen (secondary N) is 1. The Labute approximate surface area is 92.3 Å². The molecule has 0 radical (unpaired) electrons. The maximum atomic E-state index is 11.5. The number of carbonyl (C=O) groups excluding carboxylic acids is 1. The normalized spacial score (nSPS) is 18.3. The van der Waals surface area contributed by atoms with Crippen LogP contribution in [-0.4, -0.2) is 23.7 Å². The number of aliphatic hydroxyl groups excluding tert-OH is 1. The summed E-state index contributed by atoms with van der Waals surface area (Å²) in [7, 11) is 0. The van der Waals surface area contributed by atoms with Gasteiger partial charge in [0.1, 0.15) is 0 Å². The molecule has 0 aromatic heterocycles. The summed E-state index contributed by atoms with van der Waals surface area (Å²) < 4.78 is 0. The van der Waals surface area contributed by atoms with Crippen LogP contribution >= 0.6 is 0 Å². The number of hydrogen-bond acceptors (Lipinski definition) is 2. The molecule has 1 saturated carbocycles. The van der Waals surface area contributed by atoms with Crippen LogP contribution in [0.1, 0.15) is 51.9 Å². The van der Waals surface area contributed by atoms with Gasteiger partial charge in [-0.1, -0.05) is 26.2 Å². The van der Waals surface area contributed by atoms with E-state index in [9.17, 15) is 4.79 Å². The van der Waals surface area contributed by atoms with Crippen molar-refractivity contribution in [2.75, 3.05) is 6.61 Å². The molecule has 3 nitrogen and oxygen atoms in total. The Balaban J connectivity index is 2.09. The second-order valence-corrected chi connectivity index (χ2v) is 4.52. The zero-order valence-electron chi connectivity index (χ0n) is 9.67. The van der Waals surface area contributed by atoms with Gasteiger partial charge < -0.3 is 10.4 Å². The second kappa shape index (κ2) is 6.83. The van der Waals surface area contributed by atoms with Crippen molar-refractivity contribution in [1.29, 1.82) is 0 Å². The number of hydrogen-bond donors (Lipinski definition) is 2. The average molecular weight is 213 g/mol. The third-order valence-electron chi connectivity index (χ3n) is 3.34. The van der Waals surface area contributed by atoms with Crippen molar-refractivity contribution < 1.29 is 9.90 Å². The van der Waals surface area contributed by atoms with Crippen molar-refractivity contribution in [3.8, 4) is 0 Å². The first-order valence-corrected chi connectivity index (χ1v) is 6.16. The van der Waals surface area contributed by atoms with E-state index in [0.29, 0.717) is 12.8 Å². The molecule has 1 amide bonds. The van der Waals surface area contributed by atoms with Gasteiger partial charge in [-0.3, -0.25) is 4.79 Å². The highest BCUT2D eigenvalue weighted by Gasteiger charge is 2.18. The summed E-state index contributed by atoms with van der Waals surface area (Å²) in [5.41, 5.74) is 0. The molecule has 3 heteroatoms. The second-order valence-electron chi connectivity index (χ2n) is 4.52. The Kier molecular flexibility index (Phi) is 5.69. The molecule has 88 valence electrons. The summed E-state index contributed by atoms with van der Waals surface area (Å²) >= 11 is 0. The third-order valence-corrected chi connectivity index (χ3v) is 3.34. The topological polar surface area (TPSA) is 49.3 Å². The van der Waals surface area contributed by atoms with Gasteiger partial charge in [-0.15, -0.1) is 0 Å². The van der Waals surface area contributed by atoms with E-state index in [2.05, 4.69) is 5.32 Å². The van der Waals surface area contributed by atoms with Gasteiger partial charge in [0.25, 0.3) is 0 Å². The van der Waals surface area contributed by atoms with Crippen molar-refractivity contribution in [2.45, 2.75) is 57.9 Å². The molecule has 0 bridgehead atoms. The molecule has 0 heterocycles. The van der Waals surface area contributed by atoms with Crippen molar-refractivity contribution in [1.82, 2.24) is 5.32 Å². The molecule has 1 rings (SSSR count). The minimum absolute atomic E-state index is 0.154. The molecule has 0 spiro atoms. The SMILES string of the molecule is CCC(CCO)NC(=O)CCC1CCC1. The zero-order valence-corrected chi connectivity index (χ0v) is 9.67. The highest BCUT2D eigenvalue weighted by atomic mass is 16.3. The van der Waals surface area contributed by atoms with Crippen LogP contribution in [0.2, 0.25) is 0 Å². The smallest absolute Gasteiger partial charge is 0.220 e. The number of carbonyl (C=O) groups is 1. The Bertz CT molecular complexity index is 190. The minimum Gasteiger partial charge on any atom is -0.396 e. The summed E-state index contributed by atoms with van der Waals surface area (Å²) in [5.74, 6) is 0.955. The highest BCUT2D eigenvalue weighted by Crippen LogP contribution is 2.30. The lowest BCUT2D eigenvalue weighted by atomic mass is 9.82. The number of aliphatic hydroxyl groups is 1. The van der Waals surface area contributed by atoms with E-state index in [1.807, 2.05) is 6.92 Å². The summed E-state index contributed by atoms with van der Waals surface area (Å²) in [4.78, 5) is 11.5. The van der Waals surface area contributed by atoms with E-state index >= 15 is 0 Å². The van der Waals surface area contributed by atoms with Gasteiger partial charge in [-0.25, -0.2) is 0 Å². The van der Waals surface area contributed by atoms with Crippen LogP contribution in [0.25, 0.3) is 0 Å². The molecule has 0 saturated heterocycles. The summed E-state index contributed by atoms with van der Waals surface area (Å²) in [6, 6.07) is 0.156. The maximum Gasteiger partial charge on any atom is 0.220 e. The lowest BCUT2D eigenvalue weighted by molar-refractivity contribution is -0.122. The van der Waals surface area contributed by atoms with Gasteiger partial charge >= 0.3 is 0 Å². The molecule has 0 aromatic carbocycles. The largest absolute Gasteiger partial charge is 0.396 e. The molecule has 1 fully saturated rings. The Morgan fingerprint density at radius 1 is 1.53 bits per heavy atom. The molecule has 1 aliphatic carbocycles. The monoisotopic (exact) mass is 213 g/mol. The van der Waals surface area contributed by atoms with Gasteiger partial charge in [0.2, 0.25) is 5.91 Å². The Morgan fingerprint density at radius 2 is 2.27 bits per heavy atom. The fourth-order valence-electron chi connectivity index (χ4n) is 1.95. The van der Waals surface area contributed by atoms with Crippen LogP contribution in [0.3, 0.4) is 0 Å². The first-order chi connectivity index (χ1) is 7.26. The van der Waals surface area contributed by atoms with Gasteiger partial charge in [0.15, 0.2) is 0 Å². The molecule has 2 N–H and O–H groups in total. The lowest BCUT2D eigenvalue weighted by Gasteiger charge is -2.25. The van der Waals surface area contributed by atoms with E-state index in [1.54, 1.807) is 0 Å². The van der Waals surface area contributed by atoms with E-state index in [4.69, 9.17) is 5.11 Å². The Morgan fingerprint density at radius 3 is 2.73 bits per heavy atom. The van der Waals surface area contributed by atoms with E-state index < -0.39 is 0 Å². The minimum atomic E-state index is 0.154. The van der Waals surface area contributed by atoms with Crippen LogP contribution in [0, 0.1) is 5.92 Å². The molecule has 1 unspecified atom stereocenters. The van der Waals surface area contributed by atoms with Gasteiger partial charge in [0.05, 0.1) is 0 Å². The fraction of sp³-hybridized carbons (Fsp3) is 0.917. The lowest BCUT2D eigenvalue weighted by Crippen LogP contribution is -2.35. The van der Waals surface area contributed by atoms with Crippen molar-refractivity contribution in [3.05, 3.63) is 0 Å². The maximum absolute atomic E-state index is 11.5. The molecule has 0 aromatic rings. The van der Waals surface area contributed by atoms with Crippen molar-refractivity contribution in [3.63, 3.8) is 0 Å². The van der Waals surface area contributed by atoms with Crippen molar-refractivity contribution >= 4 is 5.91 Å². The first kappa shape index (κ1) is 12.5. The summed E-state index contributed by atoms with van der Waals surface area (Å²) in [6.45, 7) is 2.19. The molecular weight excluding hydrogens is 190 g/mol. The molecule has 0 aliphatic heterocycles. The van der Waals surface area contributed by atoms with E-state index in [1.165, 1.54) is 19.3 Å². The van der Waals surface area contributed by atoms with E-state index in [0.717, 1.165) is 18.8 Å². The summed E-state index contributed by atoms with van der Waals surface area (Å²) in [6.07, 6.45) is 7.23. The number of rotatable bonds is 7. The number of amides is 1. The average Bonchev–Trinajstić information content (AvgIpc) is 2.14. The zero-order chi connectivity index (χ0) is 11.1. The van der Waals surface area contributed by atoms with Gasteiger partial charge in [-0.2, -0.15) is 0 Å². The van der Waals surface area contributed by atoms with Gasteiger partial charge in [-0.05, 0) is 25.2 Å². The highest BCUT2D eigenvalue weighted by molar-refractivity contribution is 5.76. The van der Waals surface area contributed by atoms with Gasteiger partial charge in [0, 0.05) is 19.1 Å². The fourth-order valence-corrected chi connectivity index (χ4v) is 1.95. The summed E-state index contributed by atoms with van der Waals surface area (Å²) in [5, 5.41) is 11.8. The van der Waals surface area contributed by atoms with Crippen LogP contribution in [0.15, 0.2) is 0 Å². The van der Waals surface area contributed by atoms with E-state index in [-0.39, 0.29) is 18.6 Å². The molecular formula is C12H23NO2.